The summed E-state index contributed by atoms with van der Waals surface area (Å²) in [7, 11) is 1.57. The number of nitrogens with one attached hydrogen (secondary N) is 1. The molecule has 0 aliphatic rings. The molecule has 1 N–H and O–H groups in total. The normalized spacial score (nSPS) is 10.7. The number of para-hydroxylation sites is 1. The number of furan rings is 1. The summed E-state index contributed by atoms with van der Waals surface area (Å²) in [6, 6.07) is 11.4. The van der Waals surface area contributed by atoms with Crippen molar-refractivity contribution < 1.29 is 13.9 Å². The van der Waals surface area contributed by atoms with Crippen LogP contribution in [-0.2, 0) is 4.79 Å². The van der Waals surface area contributed by atoms with Crippen molar-refractivity contribution in [3.05, 3.63) is 36.4 Å². The molecule has 0 spiro atoms. The molecule has 0 atom stereocenters. The molecule has 3 aromatic rings. The number of amides is 1. The summed E-state index contributed by atoms with van der Waals surface area (Å²) in [5, 5.41) is 4.60. The van der Waals surface area contributed by atoms with Gasteiger partial charge in [-0.05, 0) is 12.1 Å². The molecule has 4 nitrogen and oxygen atoms in total. The highest BCUT2D eigenvalue weighted by molar-refractivity contribution is 6.07. The first-order valence-corrected chi connectivity index (χ1v) is 5.53. The lowest BCUT2D eigenvalue weighted by Gasteiger charge is -2.06. The van der Waals surface area contributed by atoms with Gasteiger partial charge in [-0.1, -0.05) is 18.2 Å². The zero-order valence-corrected chi connectivity index (χ0v) is 9.77. The Morgan fingerprint density at radius 1 is 1.17 bits per heavy atom. The quantitative estimate of drug-likeness (QED) is 0.716. The van der Waals surface area contributed by atoms with E-state index in [1.54, 1.807) is 13.2 Å². The number of rotatable bonds is 3. The molecular formula is C14H11NO3. The highest BCUT2D eigenvalue weighted by atomic mass is 16.5. The van der Waals surface area contributed by atoms with Crippen molar-refractivity contribution in [2.75, 3.05) is 12.4 Å². The fraction of sp³-hybridized carbons (Fsp3) is 0.0714. The minimum atomic E-state index is 0.596. The van der Waals surface area contributed by atoms with E-state index in [4.69, 9.17) is 9.15 Å². The number of ether oxygens (including phenoxy) is 1. The van der Waals surface area contributed by atoms with Gasteiger partial charge in [0.25, 0.3) is 0 Å². The van der Waals surface area contributed by atoms with Crippen LogP contribution in [0, 0.1) is 0 Å². The molecule has 0 fully saturated rings. The number of carbonyl (C=O) groups is 1. The molecule has 1 heterocycles. The predicted octanol–water partition coefficient (Wildman–Crippen LogP) is 3.16. The van der Waals surface area contributed by atoms with Crippen LogP contribution >= 0.6 is 0 Å². The minimum Gasteiger partial charge on any atom is -0.495 e. The SMILES string of the molecule is COc1cc2c(cc1NC=O)oc1ccccc12. The van der Waals surface area contributed by atoms with Crippen molar-refractivity contribution in [2.45, 2.75) is 0 Å². The van der Waals surface area contributed by atoms with Crippen LogP contribution in [0.25, 0.3) is 21.9 Å². The molecule has 0 saturated heterocycles. The molecule has 0 aliphatic heterocycles. The van der Waals surface area contributed by atoms with Crippen LogP contribution in [-0.4, -0.2) is 13.5 Å². The Hall–Kier alpha value is -2.49. The number of benzene rings is 2. The summed E-state index contributed by atoms with van der Waals surface area (Å²) >= 11 is 0. The molecule has 0 bridgehead atoms. The van der Waals surface area contributed by atoms with Gasteiger partial charge in [0.05, 0.1) is 12.8 Å². The van der Waals surface area contributed by atoms with Gasteiger partial charge in [-0.2, -0.15) is 0 Å². The highest BCUT2D eigenvalue weighted by Gasteiger charge is 2.11. The zero-order chi connectivity index (χ0) is 12.5. The number of carbonyl (C=O) groups excluding carboxylic acids is 1. The molecule has 0 saturated carbocycles. The van der Waals surface area contributed by atoms with Gasteiger partial charge in [0.2, 0.25) is 6.41 Å². The lowest BCUT2D eigenvalue weighted by atomic mass is 10.1. The third-order valence-electron chi connectivity index (χ3n) is 2.91. The van der Waals surface area contributed by atoms with Gasteiger partial charge < -0.3 is 14.5 Å². The third kappa shape index (κ3) is 1.50. The number of anilines is 1. The smallest absolute Gasteiger partial charge is 0.211 e. The first kappa shape index (κ1) is 10.7. The average Bonchev–Trinajstić information content (AvgIpc) is 2.75. The average molecular weight is 241 g/mol. The van der Waals surface area contributed by atoms with E-state index >= 15 is 0 Å². The van der Waals surface area contributed by atoms with Gasteiger partial charge in [-0.25, -0.2) is 0 Å². The number of hydrogen-bond donors (Lipinski definition) is 1. The van der Waals surface area contributed by atoms with E-state index in [0.717, 1.165) is 21.9 Å². The second-order valence-corrected chi connectivity index (χ2v) is 3.91. The molecule has 4 heteroatoms. The molecule has 0 radical (unpaired) electrons. The Bertz CT molecular complexity index is 730. The van der Waals surface area contributed by atoms with Crippen molar-refractivity contribution in [2.24, 2.45) is 0 Å². The van der Waals surface area contributed by atoms with Crippen LogP contribution in [0.2, 0.25) is 0 Å². The Morgan fingerprint density at radius 2 is 2.00 bits per heavy atom. The Kier molecular flexibility index (Phi) is 2.41. The maximum Gasteiger partial charge on any atom is 0.211 e. The third-order valence-corrected chi connectivity index (χ3v) is 2.91. The van der Waals surface area contributed by atoms with Crippen molar-refractivity contribution in [3.8, 4) is 5.75 Å². The van der Waals surface area contributed by atoms with Gasteiger partial charge in [-0.3, -0.25) is 4.79 Å². The maximum absolute atomic E-state index is 10.6. The fourth-order valence-electron chi connectivity index (χ4n) is 2.10. The van der Waals surface area contributed by atoms with Crippen LogP contribution in [0.3, 0.4) is 0 Å². The van der Waals surface area contributed by atoms with Crippen molar-refractivity contribution in [3.63, 3.8) is 0 Å². The Morgan fingerprint density at radius 3 is 2.78 bits per heavy atom. The van der Waals surface area contributed by atoms with Crippen LogP contribution in [0.15, 0.2) is 40.8 Å². The van der Waals surface area contributed by atoms with Gasteiger partial charge in [0, 0.05) is 16.8 Å². The maximum atomic E-state index is 10.6. The van der Waals surface area contributed by atoms with Gasteiger partial charge in [0.1, 0.15) is 16.9 Å². The number of hydrogen-bond acceptors (Lipinski definition) is 3. The molecular weight excluding hydrogens is 230 g/mol. The first-order chi connectivity index (χ1) is 8.83. The molecule has 2 aromatic carbocycles. The molecule has 90 valence electrons. The molecule has 1 amide bonds. The van der Waals surface area contributed by atoms with Crippen molar-refractivity contribution in [1.29, 1.82) is 0 Å². The summed E-state index contributed by atoms with van der Waals surface area (Å²) in [4.78, 5) is 10.6. The van der Waals surface area contributed by atoms with Gasteiger partial charge >= 0.3 is 0 Å². The van der Waals surface area contributed by atoms with E-state index in [-0.39, 0.29) is 0 Å². The Balaban J connectivity index is 2.35. The fourth-order valence-corrected chi connectivity index (χ4v) is 2.10. The lowest BCUT2D eigenvalue weighted by Crippen LogP contribution is -1.96. The number of fused-ring (bicyclic) bond motifs is 3. The topological polar surface area (TPSA) is 51.5 Å². The van der Waals surface area contributed by atoms with E-state index in [1.807, 2.05) is 30.3 Å². The van der Waals surface area contributed by atoms with Crippen molar-refractivity contribution >= 4 is 34.0 Å². The Labute approximate surface area is 103 Å². The lowest BCUT2D eigenvalue weighted by molar-refractivity contribution is -0.105. The molecule has 1 aromatic heterocycles. The standard InChI is InChI=1S/C14H11NO3/c1-17-14-6-10-9-4-2-3-5-12(9)18-13(10)7-11(14)15-8-16/h2-8H,1H3,(H,15,16). The molecule has 0 unspecified atom stereocenters. The second-order valence-electron chi connectivity index (χ2n) is 3.91. The highest BCUT2D eigenvalue weighted by Crippen LogP contribution is 2.35. The monoisotopic (exact) mass is 241 g/mol. The molecule has 0 aliphatic carbocycles. The van der Waals surface area contributed by atoms with Crippen LogP contribution in [0.4, 0.5) is 5.69 Å². The van der Waals surface area contributed by atoms with E-state index in [9.17, 15) is 4.79 Å². The summed E-state index contributed by atoms with van der Waals surface area (Å²) in [5.74, 6) is 0.612. The number of methoxy groups -OCH3 is 1. The second kappa shape index (κ2) is 4.07. The van der Waals surface area contributed by atoms with Crippen LogP contribution < -0.4 is 10.1 Å². The summed E-state index contributed by atoms with van der Waals surface area (Å²) < 4.78 is 11.0. The predicted molar refractivity (Wildman–Crippen MR) is 70.0 cm³/mol. The zero-order valence-electron chi connectivity index (χ0n) is 9.77. The minimum absolute atomic E-state index is 0.596. The largest absolute Gasteiger partial charge is 0.495 e. The van der Waals surface area contributed by atoms with E-state index < -0.39 is 0 Å². The summed E-state index contributed by atoms with van der Waals surface area (Å²) in [6.45, 7) is 0. The molecule has 18 heavy (non-hydrogen) atoms. The first-order valence-electron chi connectivity index (χ1n) is 5.53. The van der Waals surface area contributed by atoms with Crippen molar-refractivity contribution in [1.82, 2.24) is 0 Å². The van der Waals surface area contributed by atoms with E-state index in [0.29, 0.717) is 17.8 Å². The molecule has 3 rings (SSSR count). The van der Waals surface area contributed by atoms with E-state index in [2.05, 4.69) is 5.32 Å². The van der Waals surface area contributed by atoms with Crippen LogP contribution in [0.1, 0.15) is 0 Å². The van der Waals surface area contributed by atoms with E-state index in [1.165, 1.54) is 0 Å². The van der Waals surface area contributed by atoms with Gasteiger partial charge in [-0.15, -0.1) is 0 Å². The summed E-state index contributed by atoms with van der Waals surface area (Å²) in [5.41, 5.74) is 2.14. The summed E-state index contributed by atoms with van der Waals surface area (Å²) in [6.07, 6.45) is 0.617. The van der Waals surface area contributed by atoms with Crippen LogP contribution in [0.5, 0.6) is 5.75 Å². The van der Waals surface area contributed by atoms with Gasteiger partial charge in [0.15, 0.2) is 0 Å².